The van der Waals surface area contributed by atoms with Crippen LogP contribution in [0.3, 0.4) is 0 Å². The van der Waals surface area contributed by atoms with Crippen molar-refractivity contribution >= 4 is 34.5 Å². The number of rotatable bonds is 6. The second-order valence-electron chi connectivity index (χ2n) is 4.49. The maximum absolute atomic E-state index is 6.09. The molecule has 0 saturated heterocycles. The summed E-state index contributed by atoms with van der Waals surface area (Å²) in [7, 11) is 1.69. The minimum Gasteiger partial charge on any atom is -0.497 e. The Kier molecular flexibility index (Phi) is 5.56. The van der Waals surface area contributed by atoms with Crippen LogP contribution in [0.15, 0.2) is 36.4 Å². The number of hydrogen-bond donors (Lipinski definition) is 0. The molecule has 0 aliphatic heterocycles. The predicted molar refractivity (Wildman–Crippen MR) is 83.9 cm³/mol. The summed E-state index contributed by atoms with van der Waals surface area (Å²) < 4.78 is 6.08. The molecule has 0 spiro atoms. The smallest absolute Gasteiger partial charge is 0.119 e. The quantitative estimate of drug-likeness (QED) is 0.678. The van der Waals surface area contributed by atoms with E-state index in [2.05, 4.69) is 18.2 Å². The normalized spacial score (nSPS) is 12.4. The van der Waals surface area contributed by atoms with E-state index in [1.54, 1.807) is 18.4 Å². The van der Waals surface area contributed by atoms with Gasteiger partial charge in [-0.3, -0.25) is 0 Å². The van der Waals surface area contributed by atoms with Crippen LogP contribution in [0.25, 0.3) is 0 Å². The molecular formula is C15H16Cl2OS. The summed E-state index contributed by atoms with van der Waals surface area (Å²) in [5.41, 5.74) is 1.26. The molecule has 0 radical (unpaired) electrons. The SMILES string of the molecule is COc1cccc(CC(CCl)Cc2ccc(Cl)s2)c1. The van der Waals surface area contributed by atoms with E-state index in [9.17, 15) is 0 Å². The third-order valence-electron chi connectivity index (χ3n) is 3.00. The number of benzene rings is 1. The van der Waals surface area contributed by atoms with Gasteiger partial charge in [0.2, 0.25) is 0 Å². The van der Waals surface area contributed by atoms with Gasteiger partial charge >= 0.3 is 0 Å². The van der Waals surface area contributed by atoms with Crippen LogP contribution in [0.1, 0.15) is 10.4 Å². The summed E-state index contributed by atoms with van der Waals surface area (Å²) in [5.74, 6) is 1.96. The Morgan fingerprint density at radius 3 is 2.68 bits per heavy atom. The van der Waals surface area contributed by atoms with E-state index in [0.717, 1.165) is 22.9 Å². The van der Waals surface area contributed by atoms with E-state index in [1.165, 1.54) is 10.4 Å². The lowest BCUT2D eigenvalue weighted by molar-refractivity contribution is 0.414. The highest BCUT2D eigenvalue weighted by molar-refractivity contribution is 7.16. The Labute approximate surface area is 128 Å². The molecule has 102 valence electrons. The molecule has 1 unspecified atom stereocenters. The van der Waals surface area contributed by atoms with Gasteiger partial charge < -0.3 is 4.74 Å². The van der Waals surface area contributed by atoms with Gasteiger partial charge in [0.15, 0.2) is 0 Å². The molecule has 1 heterocycles. The highest BCUT2D eigenvalue weighted by Crippen LogP contribution is 2.26. The van der Waals surface area contributed by atoms with E-state index in [1.807, 2.05) is 18.2 Å². The molecule has 4 heteroatoms. The van der Waals surface area contributed by atoms with Gasteiger partial charge in [-0.05, 0) is 48.6 Å². The highest BCUT2D eigenvalue weighted by Gasteiger charge is 2.11. The van der Waals surface area contributed by atoms with Crippen LogP contribution in [0.5, 0.6) is 5.75 Å². The Hall–Kier alpha value is -0.700. The predicted octanol–water partition coefficient (Wildman–Crippen LogP) is 5.05. The summed E-state index contributed by atoms with van der Waals surface area (Å²) in [5, 5.41) is 0. The van der Waals surface area contributed by atoms with Crippen LogP contribution >= 0.6 is 34.5 Å². The van der Waals surface area contributed by atoms with Gasteiger partial charge in [0, 0.05) is 10.8 Å². The number of methoxy groups -OCH3 is 1. The zero-order valence-corrected chi connectivity index (χ0v) is 13.1. The molecule has 0 aliphatic rings. The summed E-state index contributed by atoms with van der Waals surface area (Å²) in [6.07, 6.45) is 1.92. The van der Waals surface area contributed by atoms with Crippen molar-refractivity contribution in [1.82, 2.24) is 0 Å². The van der Waals surface area contributed by atoms with Crippen molar-refractivity contribution in [3.8, 4) is 5.75 Å². The van der Waals surface area contributed by atoms with Crippen LogP contribution in [0.4, 0.5) is 0 Å². The van der Waals surface area contributed by atoms with Gasteiger partial charge in [0.1, 0.15) is 5.75 Å². The van der Waals surface area contributed by atoms with Gasteiger partial charge in [-0.25, -0.2) is 0 Å². The van der Waals surface area contributed by atoms with Crippen molar-refractivity contribution in [3.63, 3.8) is 0 Å². The average Bonchev–Trinajstić information content (AvgIpc) is 2.83. The third-order valence-corrected chi connectivity index (χ3v) is 4.69. The summed E-state index contributed by atoms with van der Waals surface area (Å²) in [4.78, 5) is 1.29. The molecule has 0 bridgehead atoms. The van der Waals surface area contributed by atoms with E-state index in [4.69, 9.17) is 27.9 Å². The molecule has 1 aromatic carbocycles. The van der Waals surface area contributed by atoms with Gasteiger partial charge in [0.05, 0.1) is 11.4 Å². The van der Waals surface area contributed by atoms with E-state index < -0.39 is 0 Å². The standard InChI is InChI=1S/C15H16Cl2OS/c1-18-13-4-2-3-11(8-13)7-12(10-16)9-14-5-6-15(17)19-14/h2-6,8,12H,7,9-10H2,1H3. The highest BCUT2D eigenvalue weighted by atomic mass is 35.5. The van der Waals surface area contributed by atoms with E-state index in [0.29, 0.717) is 11.8 Å². The first-order valence-electron chi connectivity index (χ1n) is 6.14. The molecule has 19 heavy (non-hydrogen) atoms. The van der Waals surface area contributed by atoms with Crippen LogP contribution in [0.2, 0.25) is 4.34 Å². The molecule has 1 atom stereocenters. The van der Waals surface area contributed by atoms with Gasteiger partial charge in [-0.1, -0.05) is 23.7 Å². The molecular weight excluding hydrogens is 299 g/mol. The number of halogens is 2. The van der Waals surface area contributed by atoms with Crippen molar-refractivity contribution < 1.29 is 4.74 Å². The number of thiophene rings is 1. The maximum Gasteiger partial charge on any atom is 0.119 e. The zero-order valence-electron chi connectivity index (χ0n) is 10.7. The average molecular weight is 315 g/mol. The Morgan fingerprint density at radius 1 is 1.21 bits per heavy atom. The molecule has 2 aromatic rings. The lowest BCUT2D eigenvalue weighted by Gasteiger charge is -2.13. The molecule has 0 amide bonds. The van der Waals surface area contributed by atoms with Gasteiger partial charge in [-0.2, -0.15) is 0 Å². The summed E-state index contributed by atoms with van der Waals surface area (Å²) in [6.45, 7) is 0. The second-order valence-corrected chi connectivity index (χ2v) is 6.59. The second kappa shape index (κ2) is 7.18. The van der Waals surface area contributed by atoms with Crippen molar-refractivity contribution in [3.05, 3.63) is 51.2 Å². The number of hydrogen-bond acceptors (Lipinski definition) is 2. The fourth-order valence-electron chi connectivity index (χ4n) is 2.06. The molecule has 1 aromatic heterocycles. The molecule has 1 nitrogen and oxygen atoms in total. The monoisotopic (exact) mass is 314 g/mol. The van der Waals surface area contributed by atoms with Crippen molar-refractivity contribution in [2.45, 2.75) is 12.8 Å². The Balaban J connectivity index is 2.01. The minimum atomic E-state index is 0.420. The fourth-order valence-corrected chi connectivity index (χ4v) is 3.48. The Bertz CT molecular complexity index is 524. The van der Waals surface area contributed by atoms with Crippen LogP contribution in [-0.2, 0) is 12.8 Å². The topological polar surface area (TPSA) is 9.23 Å². The van der Waals surface area contributed by atoms with Crippen molar-refractivity contribution in [2.75, 3.05) is 13.0 Å². The summed E-state index contributed by atoms with van der Waals surface area (Å²) >= 11 is 13.7. The third kappa shape index (κ3) is 4.41. The summed E-state index contributed by atoms with van der Waals surface area (Å²) in [6, 6.07) is 12.2. The molecule has 0 saturated carbocycles. The zero-order chi connectivity index (χ0) is 13.7. The molecule has 2 rings (SSSR count). The Morgan fingerprint density at radius 2 is 2.05 bits per heavy atom. The van der Waals surface area contributed by atoms with E-state index in [-0.39, 0.29) is 0 Å². The van der Waals surface area contributed by atoms with Crippen molar-refractivity contribution in [1.29, 1.82) is 0 Å². The first-order valence-corrected chi connectivity index (χ1v) is 7.87. The molecule has 0 aliphatic carbocycles. The van der Waals surface area contributed by atoms with E-state index >= 15 is 0 Å². The van der Waals surface area contributed by atoms with Crippen LogP contribution in [0, 0.1) is 5.92 Å². The van der Waals surface area contributed by atoms with Crippen molar-refractivity contribution in [2.24, 2.45) is 5.92 Å². The van der Waals surface area contributed by atoms with Gasteiger partial charge in [-0.15, -0.1) is 22.9 Å². The molecule has 0 N–H and O–H groups in total. The fraction of sp³-hybridized carbons (Fsp3) is 0.333. The number of ether oxygens (including phenoxy) is 1. The van der Waals surface area contributed by atoms with Crippen LogP contribution < -0.4 is 4.74 Å². The van der Waals surface area contributed by atoms with Gasteiger partial charge in [0.25, 0.3) is 0 Å². The number of alkyl halides is 1. The lowest BCUT2D eigenvalue weighted by atomic mass is 9.97. The first kappa shape index (κ1) is 14.7. The largest absolute Gasteiger partial charge is 0.497 e. The maximum atomic E-state index is 6.09. The minimum absolute atomic E-state index is 0.420. The van der Waals surface area contributed by atoms with Crippen LogP contribution in [-0.4, -0.2) is 13.0 Å². The first-order chi connectivity index (χ1) is 9.21. The molecule has 0 fully saturated rings. The lowest BCUT2D eigenvalue weighted by Crippen LogP contribution is -2.09.